The summed E-state index contributed by atoms with van der Waals surface area (Å²) < 4.78 is 10.3. The molecule has 1 rings (SSSR count). The molecule has 1 aromatic rings. The number of benzene rings is 1. The molecule has 0 spiro atoms. The van der Waals surface area contributed by atoms with E-state index in [1.807, 2.05) is 0 Å². The summed E-state index contributed by atoms with van der Waals surface area (Å²) in [6.07, 6.45) is -0.311. The van der Waals surface area contributed by atoms with Gasteiger partial charge in [-0.2, -0.15) is 0 Å². The number of carboxylic acids is 1. The Morgan fingerprint density at radius 2 is 1.75 bits per heavy atom. The number of carbonyl (C=O) groups is 3. The third-order valence-corrected chi connectivity index (χ3v) is 3.32. The number of carboxylic acid groups (broad SMARTS) is 1. The summed E-state index contributed by atoms with van der Waals surface area (Å²) in [4.78, 5) is 34.3. The molecule has 0 bridgehead atoms. The zero-order valence-electron chi connectivity index (χ0n) is 14.1. The number of ether oxygens (including phenoxy) is 2. The monoisotopic (exact) mass is 338 g/mol. The van der Waals surface area contributed by atoms with E-state index in [9.17, 15) is 14.4 Å². The Hall–Kier alpha value is -2.77. The van der Waals surface area contributed by atoms with E-state index >= 15 is 0 Å². The van der Waals surface area contributed by atoms with Crippen LogP contribution in [0.2, 0.25) is 0 Å². The fourth-order valence-corrected chi connectivity index (χ4v) is 2.16. The molecule has 0 aliphatic heterocycles. The Bertz CT molecular complexity index is 617. The Morgan fingerprint density at radius 3 is 2.25 bits per heavy atom. The first kappa shape index (κ1) is 19.3. The minimum atomic E-state index is -1.07. The summed E-state index contributed by atoms with van der Waals surface area (Å²) in [5.41, 5.74) is 0.554. The minimum Gasteiger partial charge on any atom is -0.493 e. The number of carbonyl (C=O) groups excluding carboxylic acids is 2. The van der Waals surface area contributed by atoms with Crippen molar-refractivity contribution in [3.8, 4) is 11.5 Å². The third-order valence-electron chi connectivity index (χ3n) is 3.32. The molecule has 132 valence electrons. The van der Waals surface area contributed by atoms with E-state index < -0.39 is 24.0 Å². The molecule has 0 fully saturated rings. The summed E-state index contributed by atoms with van der Waals surface area (Å²) in [5.74, 6) is -0.977. The second-order valence-electron chi connectivity index (χ2n) is 5.20. The molecule has 8 nitrogen and oxygen atoms in total. The van der Waals surface area contributed by atoms with Crippen molar-refractivity contribution in [1.29, 1.82) is 0 Å². The Morgan fingerprint density at radius 1 is 1.12 bits per heavy atom. The molecule has 2 amide bonds. The van der Waals surface area contributed by atoms with Crippen molar-refractivity contribution in [3.63, 3.8) is 0 Å². The number of aliphatic carboxylic acids is 1. The fourth-order valence-electron chi connectivity index (χ4n) is 2.16. The molecule has 3 N–H and O–H groups in total. The van der Waals surface area contributed by atoms with Gasteiger partial charge in [0.2, 0.25) is 11.8 Å². The van der Waals surface area contributed by atoms with E-state index in [2.05, 4.69) is 10.6 Å². The van der Waals surface area contributed by atoms with Crippen LogP contribution in [0, 0.1) is 0 Å². The first-order valence-corrected chi connectivity index (χ1v) is 7.29. The van der Waals surface area contributed by atoms with E-state index in [1.165, 1.54) is 28.1 Å². The van der Waals surface area contributed by atoms with Crippen LogP contribution in [0.3, 0.4) is 0 Å². The summed E-state index contributed by atoms with van der Waals surface area (Å²) in [7, 11) is 2.95. The van der Waals surface area contributed by atoms with Crippen molar-refractivity contribution in [3.05, 3.63) is 23.8 Å². The van der Waals surface area contributed by atoms with Crippen LogP contribution in [0.5, 0.6) is 11.5 Å². The van der Waals surface area contributed by atoms with E-state index in [0.717, 1.165) is 0 Å². The van der Waals surface area contributed by atoms with Gasteiger partial charge in [-0.05, 0) is 24.6 Å². The van der Waals surface area contributed by atoms with Gasteiger partial charge < -0.3 is 25.2 Å². The molecule has 0 radical (unpaired) electrons. The lowest BCUT2D eigenvalue weighted by atomic mass is 10.0. The molecule has 8 heteroatoms. The van der Waals surface area contributed by atoms with E-state index in [-0.39, 0.29) is 12.3 Å². The highest BCUT2D eigenvalue weighted by Gasteiger charge is 2.23. The molecule has 1 aromatic carbocycles. The zero-order chi connectivity index (χ0) is 18.3. The second-order valence-corrected chi connectivity index (χ2v) is 5.20. The largest absolute Gasteiger partial charge is 0.493 e. The maximum Gasteiger partial charge on any atom is 0.305 e. The van der Waals surface area contributed by atoms with Crippen molar-refractivity contribution >= 4 is 17.8 Å². The van der Waals surface area contributed by atoms with Gasteiger partial charge in [-0.25, -0.2) is 0 Å². The van der Waals surface area contributed by atoms with Crippen molar-refractivity contribution < 1.29 is 29.0 Å². The number of rotatable bonds is 8. The van der Waals surface area contributed by atoms with Crippen molar-refractivity contribution in [2.75, 3.05) is 14.2 Å². The molecule has 2 unspecified atom stereocenters. The van der Waals surface area contributed by atoms with Gasteiger partial charge in [-0.15, -0.1) is 0 Å². The quantitative estimate of drug-likeness (QED) is 0.648. The van der Waals surface area contributed by atoms with E-state index in [1.54, 1.807) is 18.2 Å². The van der Waals surface area contributed by atoms with Gasteiger partial charge in [-0.1, -0.05) is 6.07 Å². The number of amides is 2. The van der Waals surface area contributed by atoms with Crippen molar-refractivity contribution in [2.45, 2.75) is 32.4 Å². The SMILES string of the molecule is COc1ccc(C(CC(=O)O)NC(=O)C(C)NC(C)=O)cc1OC. The summed E-state index contributed by atoms with van der Waals surface area (Å²) in [6, 6.07) is 3.34. The van der Waals surface area contributed by atoms with Gasteiger partial charge in [0.05, 0.1) is 26.7 Å². The molecule has 0 aliphatic rings. The molecule has 0 heterocycles. The highest BCUT2D eigenvalue weighted by atomic mass is 16.5. The second kappa shape index (κ2) is 8.76. The Balaban J connectivity index is 3.02. The Labute approximate surface area is 140 Å². The van der Waals surface area contributed by atoms with Crippen LogP contribution < -0.4 is 20.1 Å². The van der Waals surface area contributed by atoms with Crippen LogP contribution in [0.25, 0.3) is 0 Å². The van der Waals surface area contributed by atoms with E-state index in [4.69, 9.17) is 14.6 Å². The molecule has 0 saturated heterocycles. The van der Waals surface area contributed by atoms with Gasteiger partial charge >= 0.3 is 5.97 Å². The van der Waals surface area contributed by atoms with Gasteiger partial charge in [0.25, 0.3) is 0 Å². The first-order valence-electron chi connectivity index (χ1n) is 7.29. The molecular formula is C16H22N2O6. The molecule has 0 aromatic heterocycles. The predicted molar refractivity (Wildman–Crippen MR) is 86.0 cm³/mol. The summed E-state index contributed by atoms with van der Waals surface area (Å²) in [5, 5.41) is 14.2. The Kier molecular flexibility index (Phi) is 7.03. The van der Waals surface area contributed by atoms with Gasteiger partial charge in [0.1, 0.15) is 6.04 Å². The highest BCUT2D eigenvalue weighted by Crippen LogP contribution is 2.31. The lowest BCUT2D eigenvalue weighted by Gasteiger charge is -2.21. The number of hydrogen-bond acceptors (Lipinski definition) is 5. The fraction of sp³-hybridized carbons (Fsp3) is 0.438. The predicted octanol–water partition coefficient (Wildman–Crippen LogP) is 0.860. The maximum absolute atomic E-state index is 12.1. The van der Waals surface area contributed by atoms with Crippen molar-refractivity contribution in [2.24, 2.45) is 0 Å². The van der Waals surface area contributed by atoms with Crippen LogP contribution in [0.15, 0.2) is 18.2 Å². The molecule has 2 atom stereocenters. The van der Waals surface area contributed by atoms with Crippen LogP contribution in [0.4, 0.5) is 0 Å². The lowest BCUT2D eigenvalue weighted by molar-refractivity contribution is -0.138. The molecule has 0 aliphatic carbocycles. The molecule has 24 heavy (non-hydrogen) atoms. The average molecular weight is 338 g/mol. The van der Waals surface area contributed by atoms with E-state index in [0.29, 0.717) is 17.1 Å². The lowest BCUT2D eigenvalue weighted by Crippen LogP contribution is -2.45. The highest BCUT2D eigenvalue weighted by molar-refractivity contribution is 5.87. The molecule has 0 saturated carbocycles. The first-order chi connectivity index (χ1) is 11.3. The van der Waals surface area contributed by atoms with Gasteiger partial charge in [0, 0.05) is 6.92 Å². The van der Waals surface area contributed by atoms with Crippen LogP contribution in [0.1, 0.15) is 31.9 Å². The number of hydrogen-bond donors (Lipinski definition) is 3. The van der Waals surface area contributed by atoms with Crippen LogP contribution in [-0.4, -0.2) is 43.2 Å². The number of methoxy groups -OCH3 is 2. The van der Waals surface area contributed by atoms with Crippen molar-refractivity contribution in [1.82, 2.24) is 10.6 Å². The summed E-state index contributed by atoms with van der Waals surface area (Å²) in [6.45, 7) is 2.82. The topological polar surface area (TPSA) is 114 Å². The normalized spacial score (nSPS) is 12.7. The smallest absolute Gasteiger partial charge is 0.305 e. The standard InChI is InChI=1S/C16H22N2O6/c1-9(17-10(2)19)16(22)18-12(8-15(20)21)11-5-6-13(23-3)14(7-11)24-4/h5-7,9,12H,8H2,1-4H3,(H,17,19)(H,18,22)(H,20,21). The van der Waals surface area contributed by atoms with Gasteiger partial charge in [0.15, 0.2) is 11.5 Å². The number of nitrogens with one attached hydrogen (secondary N) is 2. The summed E-state index contributed by atoms with van der Waals surface area (Å²) >= 11 is 0. The third kappa shape index (κ3) is 5.45. The zero-order valence-corrected chi connectivity index (χ0v) is 14.1. The minimum absolute atomic E-state index is 0.311. The van der Waals surface area contributed by atoms with Crippen LogP contribution >= 0.6 is 0 Å². The maximum atomic E-state index is 12.1. The molecular weight excluding hydrogens is 316 g/mol. The average Bonchev–Trinajstić information content (AvgIpc) is 2.52. The van der Waals surface area contributed by atoms with Gasteiger partial charge in [-0.3, -0.25) is 14.4 Å². The van der Waals surface area contributed by atoms with Crippen LogP contribution in [-0.2, 0) is 14.4 Å².